The number of carbonyl (C=O) groups is 2. The molecule has 0 spiro atoms. The normalized spacial score (nSPS) is 35.0. The summed E-state index contributed by atoms with van der Waals surface area (Å²) in [6.07, 6.45) is -3.31. The molecule has 2 saturated heterocycles. The predicted molar refractivity (Wildman–Crippen MR) is 50.9 cm³/mol. The lowest BCUT2D eigenvalue weighted by Gasteiger charge is -2.32. The van der Waals surface area contributed by atoms with Crippen LogP contribution >= 0.6 is 0 Å². The van der Waals surface area contributed by atoms with E-state index in [-0.39, 0.29) is 24.6 Å². The van der Waals surface area contributed by atoms with E-state index in [1.807, 2.05) is 0 Å². The molecule has 7 nitrogen and oxygen atoms in total. The van der Waals surface area contributed by atoms with E-state index >= 15 is 0 Å². The molecule has 7 heteroatoms. The SMILES string of the molecule is C=C1O[C@@H](N2CCC(=O)NC2=O)[C@H](O)[C@@H]1O. The Balaban J connectivity index is 2.11. The summed E-state index contributed by atoms with van der Waals surface area (Å²) in [6, 6.07) is -0.637. The number of amides is 3. The minimum Gasteiger partial charge on any atom is -0.470 e. The molecule has 2 fully saturated rings. The van der Waals surface area contributed by atoms with Gasteiger partial charge in [0.15, 0.2) is 0 Å². The zero-order valence-electron chi connectivity index (χ0n) is 8.42. The highest BCUT2D eigenvalue weighted by atomic mass is 16.6. The van der Waals surface area contributed by atoms with Gasteiger partial charge in [0.05, 0.1) is 0 Å². The first kappa shape index (κ1) is 10.9. The maximum absolute atomic E-state index is 11.4. The molecular weight excluding hydrogens is 216 g/mol. The number of rotatable bonds is 1. The molecule has 3 amide bonds. The summed E-state index contributed by atoms with van der Waals surface area (Å²) in [7, 11) is 0. The Morgan fingerprint density at radius 1 is 1.44 bits per heavy atom. The molecule has 2 heterocycles. The quantitative estimate of drug-likeness (QED) is 0.508. The molecular formula is C9H12N2O5. The molecule has 0 bridgehead atoms. The number of aliphatic hydroxyl groups excluding tert-OH is 2. The summed E-state index contributed by atoms with van der Waals surface area (Å²) in [4.78, 5) is 23.5. The number of ether oxygens (including phenoxy) is 1. The van der Waals surface area contributed by atoms with Crippen molar-refractivity contribution >= 4 is 11.9 Å². The third kappa shape index (κ3) is 1.63. The average Bonchev–Trinajstić information content (AvgIpc) is 2.46. The number of urea groups is 1. The Labute approximate surface area is 91.3 Å². The molecule has 0 aromatic rings. The highest BCUT2D eigenvalue weighted by Crippen LogP contribution is 2.26. The average molecular weight is 228 g/mol. The molecule has 88 valence electrons. The number of nitrogens with one attached hydrogen (secondary N) is 1. The smallest absolute Gasteiger partial charge is 0.327 e. The standard InChI is InChI=1S/C9H12N2O5/c1-4-6(13)7(14)8(16-4)11-3-2-5(12)10-9(11)15/h6-8,13-14H,1-3H2,(H,10,12,15)/t6-,7-,8-/m1/s1. The van der Waals surface area contributed by atoms with Crippen LogP contribution in [-0.4, -0.2) is 52.0 Å². The maximum atomic E-state index is 11.4. The Bertz CT molecular complexity index is 356. The predicted octanol–water partition coefficient (Wildman–Crippen LogP) is -1.48. The van der Waals surface area contributed by atoms with Crippen LogP contribution in [0.4, 0.5) is 4.79 Å². The molecule has 0 saturated carbocycles. The minimum absolute atomic E-state index is 0.0159. The lowest BCUT2D eigenvalue weighted by atomic mass is 10.2. The molecule has 0 unspecified atom stereocenters. The van der Waals surface area contributed by atoms with Crippen molar-refractivity contribution in [3.8, 4) is 0 Å². The van der Waals surface area contributed by atoms with Crippen molar-refractivity contribution in [1.29, 1.82) is 0 Å². The molecule has 0 radical (unpaired) electrons. The summed E-state index contributed by atoms with van der Waals surface area (Å²) in [5.41, 5.74) is 0. The molecule has 2 aliphatic rings. The van der Waals surface area contributed by atoms with Crippen molar-refractivity contribution in [1.82, 2.24) is 10.2 Å². The van der Waals surface area contributed by atoms with E-state index in [2.05, 4.69) is 11.9 Å². The van der Waals surface area contributed by atoms with Gasteiger partial charge in [-0.15, -0.1) is 0 Å². The zero-order chi connectivity index (χ0) is 11.9. The molecule has 2 rings (SSSR count). The zero-order valence-corrected chi connectivity index (χ0v) is 8.42. The molecule has 3 N–H and O–H groups in total. The van der Waals surface area contributed by atoms with Crippen LogP contribution in [0.2, 0.25) is 0 Å². The third-order valence-electron chi connectivity index (χ3n) is 2.61. The summed E-state index contributed by atoms with van der Waals surface area (Å²) >= 11 is 0. The summed E-state index contributed by atoms with van der Waals surface area (Å²) < 4.78 is 5.09. The van der Waals surface area contributed by atoms with Crippen LogP contribution in [0, 0.1) is 0 Å². The van der Waals surface area contributed by atoms with E-state index in [4.69, 9.17) is 4.74 Å². The second-order valence-electron chi connectivity index (χ2n) is 3.71. The highest BCUT2D eigenvalue weighted by Gasteiger charge is 2.45. The third-order valence-corrected chi connectivity index (χ3v) is 2.61. The van der Waals surface area contributed by atoms with Crippen LogP contribution in [0.15, 0.2) is 12.3 Å². The van der Waals surface area contributed by atoms with Crippen molar-refractivity contribution < 1.29 is 24.5 Å². The van der Waals surface area contributed by atoms with Crippen LogP contribution in [0.5, 0.6) is 0 Å². The van der Waals surface area contributed by atoms with Gasteiger partial charge in [-0.25, -0.2) is 4.79 Å². The van der Waals surface area contributed by atoms with Crippen molar-refractivity contribution in [3.05, 3.63) is 12.3 Å². The minimum atomic E-state index is -1.24. The Morgan fingerprint density at radius 2 is 2.12 bits per heavy atom. The van der Waals surface area contributed by atoms with Crippen molar-refractivity contribution in [2.75, 3.05) is 6.54 Å². The first-order valence-electron chi connectivity index (χ1n) is 4.82. The van der Waals surface area contributed by atoms with Gasteiger partial charge in [-0.2, -0.15) is 0 Å². The maximum Gasteiger partial charge on any atom is 0.327 e. The van der Waals surface area contributed by atoms with Crippen molar-refractivity contribution in [2.24, 2.45) is 0 Å². The van der Waals surface area contributed by atoms with E-state index in [1.165, 1.54) is 0 Å². The lowest BCUT2D eigenvalue weighted by Crippen LogP contribution is -2.56. The second-order valence-corrected chi connectivity index (χ2v) is 3.71. The fourth-order valence-corrected chi connectivity index (χ4v) is 1.71. The lowest BCUT2D eigenvalue weighted by molar-refractivity contribution is -0.123. The van der Waals surface area contributed by atoms with Gasteiger partial charge < -0.3 is 14.9 Å². The van der Waals surface area contributed by atoms with E-state index in [0.29, 0.717) is 0 Å². The van der Waals surface area contributed by atoms with Crippen LogP contribution < -0.4 is 5.32 Å². The van der Waals surface area contributed by atoms with Crippen LogP contribution in [-0.2, 0) is 9.53 Å². The fourth-order valence-electron chi connectivity index (χ4n) is 1.71. The van der Waals surface area contributed by atoms with Gasteiger partial charge in [-0.1, -0.05) is 6.58 Å². The summed E-state index contributed by atoms with van der Waals surface area (Å²) in [5, 5.41) is 21.1. The number of nitrogens with zero attached hydrogens (tertiary/aromatic N) is 1. The van der Waals surface area contributed by atoms with Crippen molar-refractivity contribution in [2.45, 2.75) is 24.9 Å². The fraction of sp³-hybridized carbons (Fsp3) is 0.556. The van der Waals surface area contributed by atoms with E-state index in [9.17, 15) is 19.8 Å². The molecule has 2 aliphatic heterocycles. The largest absolute Gasteiger partial charge is 0.470 e. The van der Waals surface area contributed by atoms with Crippen molar-refractivity contribution in [3.63, 3.8) is 0 Å². The monoisotopic (exact) mass is 228 g/mol. The summed E-state index contributed by atoms with van der Waals surface area (Å²) in [5.74, 6) is -0.352. The number of carbonyl (C=O) groups excluding carboxylic acids is 2. The first-order chi connectivity index (χ1) is 7.50. The molecule has 0 aliphatic carbocycles. The number of hydrogen-bond acceptors (Lipinski definition) is 5. The van der Waals surface area contributed by atoms with Gasteiger partial charge in [-0.3, -0.25) is 15.0 Å². The van der Waals surface area contributed by atoms with Gasteiger partial charge in [-0.05, 0) is 0 Å². The van der Waals surface area contributed by atoms with Gasteiger partial charge in [0, 0.05) is 13.0 Å². The molecule has 3 atom stereocenters. The topological polar surface area (TPSA) is 99.1 Å². The number of hydrogen-bond donors (Lipinski definition) is 3. The second kappa shape index (κ2) is 3.76. The van der Waals surface area contributed by atoms with Gasteiger partial charge in [0.2, 0.25) is 12.1 Å². The Hall–Kier alpha value is -1.60. The summed E-state index contributed by atoms with van der Waals surface area (Å²) in [6.45, 7) is 3.56. The molecule has 0 aromatic heterocycles. The van der Waals surface area contributed by atoms with E-state index < -0.39 is 24.5 Å². The Morgan fingerprint density at radius 3 is 2.62 bits per heavy atom. The van der Waals surface area contributed by atoms with Gasteiger partial charge in [0.1, 0.15) is 18.0 Å². The van der Waals surface area contributed by atoms with Gasteiger partial charge >= 0.3 is 6.03 Å². The number of imide groups is 1. The Kier molecular flexibility index (Phi) is 2.56. The van der Waals surface area contributed by atoms with E-state index in [1.54, 1.807) is 0 Å². The van der Waals surface area contributed by atoms with Crippen LogP contribution in [0.3, 0.4) is 0 Å². The highest BCUT2D eigenvalue weighted by molar-refractivity contribution is 5.96. The molecule has 0 aromatic carbocycles. The van der Waals surface area contributed by atoms with Gasteiger partial charge in [0.25, 0.3) is 0 Å². The van der Waals surface area contributed by atoms with Crippen LogP contribution in [0.25, 0.3) is 0 Å². The molecule has 16 heavy (non-hydrogen) atoms. The number of aliphatic hydroxyl groups is 2. The van der Waals surface area contributed by atoms with E-state index in [0.717, 1.165) is 4.90 Å². The van der Waals surface area contributed by atoms with Crippen LogP contribution in [0.1, 0.15) is 6.42 Å². The first-order valence-corrected chi connectivity index (χ1v) is 4.82.